The van der Waals surface area contributed by atoms with E-state index in [2.05, 4.69) is 22.1 Å². The average molecular weight is 321 g/mol. The minimum Gasteiger partial charge on any atom is -0.324 e. The summed E-state index contributed by atoms with van der Waals surface area (Å²) in [6, 6.07) is 6.02. The Morgan fingerprint density at radius 1 is 1.32 bits per heavy atom. The average Bonchev–Trinajstić information content (AvgIpc) is 2.49. The zero-order chi connectivity index (χ0) is 15.2. The molecule has 22 heavy (non-hydrogen) atoms. The molecule has 1 atom stereocenters. The Morgan fingerprint density at radius 3 is 2.64 bits per heavy atom. The van der Waals surface area contributed by atoms with Gasteiger partial charge in [-0.25, -0.2) is 0 Å². The lowest BCUT2D eigenvalue weighted by atomic mass is 10.0. The molecule has 1 fully saturated rings. The van der Waals surface area contributed by atoms with E-state index >= 15 is 0 Å². The summed E-state index contributed by atoms with van der Waals surface area (Å²) in [5.41, 5.74) is 3.17. The number of carbonyl (C=O) groups excluding carboxylic acids is 1. The van der Waals surface area contributed by atoms with E-state index in [1.54, 1.807) is 0 Å². The molecular weight excluding hydrogens is 296 g/mol. The molecule has 2 rings (SSSR count). The van der Waals surface area contributed by atoms with Crippen LogP contribution in [0.3, 0.4) is 0 Å². The Morgan fingerprint density at radius 2 is 2.00 bits per heavy atom. The van der Waals surface area contributed by atoms with E-state index in [1.165, 1.54) is 0 Å². The van der Waals surface area contributed by atoms with Gasteiger partial charge in [-0.15, -0.1) is 18.3 Å². The summed E-state index contributed by atoms with van der Waals surface area (Å²) in [6.45, 7) is 7.55. The van der Waals surface area contributed by atoms with Crippen LogP contribution in [-0.4, -0.2) is 29.9 Å². The van der Waals surface area contributed by atoms with Crippen LogP contribution in [0.25, 0.3) is 0 Å². The number of nitrogens with one attached hydrogen (secondary N) is 1. The summed E-state index contributed by atoms with van der Waals surface area (Å²) < 4.78 is 0. The molecule has 1 heterocycles. The molecule has 1 aliphatic heterocycles. The number of halogens is 1. The maximum Gasteiger partial charge on any atom is 0.241 e. The van der Waals surface area contributed by atoms with Crippen LogP contribution in [0.15, 0.2) is 18.2 Å². The van der Waals surface area contributed by atoms with Gasteiger partial charge in [0.1, 0.15) is 0 Å². The van der Waals surface area contributed by atoms with Crippen LogP contribution < -0.4 is 5.32 Å². The molecular formula is C18H25ClN2O. The topological polar surface area (TPSA) is 32.3 Å². The monoisotopic (exact) mass is 320 g/mol. The minimum atomic E-state index is -0.0568. The van der Waals surface area contributed by atoms with Crippen molar-refractivity contribution in [2.75, 3.05) is 18.4 Å². The van der Waals surface area contributed by atoms with Gasteiger partial charge in [-0.1, -0.05) is 30.5 Å². The quantitative estimate of drug-likeness (QED) is 0.864. The van der Waals surface area contributed by atoms with Gasteiger partial charge >= 0.3 is 0 Å². The van der Waals surface area contributed by atoms with Crippen LogP contribution in [0, 0.1) is 25.7 Å². The van der Waals surface area contributed by atoms with Gasteiger partial charge in [0.15, 0.2) is 0 Å². The molecule has 120 valence electrons. The van der Waals surface area contributed by atoms with E-state index in [0.29, 0.717) is 6.54 Å². The number of rotatable bonds is 3. The van der Waals surface area contributed by atoms with Crippen LogP contribution in [-0.2, 0) is 4.79 Å². The highest BCUT2D eigenvalue weighted by molar-refractivity contribution is 5.96. The van der Waals surface area contributed by atoms with Gasteiger partial charge in [0.2, 0.25) is 5.91 Å². The number of hydrogen-bond acceptors (Lipinski definition) is 2. The Bertz CT molecular complexity index is 554. The van der Waals surface area contributed by atoms with Gasteiger partial charge in [0, 0.05) is 5.69 Å². The van der Waals surface area contributed by atoms with E-state index in [9.17, 15) is 4.79 Å². The second-order valence-corrected chi connectivity index (χ2v) is 5.66. The normalized spacial score (nSPS) is 17.9. The van der Waals surface area contributed by atoms with Gasteiger partial charge in [-0.3, -0.25) is 9.69 Å². The van der Waals surface area contributed by atoms with Crippen molar-refractivity contribution in [2.24, 2.45) is 0 Å². The minimum absolute atomic E-state index is 0. The summed E-state index contributed by atoms with van der Waals surface area (Å²) in [5.74, 6) is 6.11. The van der Waals surface area contributed by atoms with Crippen molar-refractivity contribution in [1.82, 2.24) is 4.90 Å². The van der Waals surface area contributed by atoms with Crippen molar-refractivity contribution in [3.8, 4) is 11.8 Å². The van der Waals surface area contributed by atoms with Gasteiger partial charge in [0.25, 0.3) is 0 Å². The fraction of sp³-hybridized carbons (Fsp3) is 0.500. The maximum absolute atomic E-state index is 12.6. The highest BCUT2D eigenvalue weighted by Crippen LogP contribution is 2.22. The lowest BCUT2D eigenvalue weighted by Gasteiger charge is -2.33. The first kappa shape index (κ1) is 18.5. The van der Waals surface area contributed by atoms with E-state index in [1.807, 2.05) is 39.0 Å². The lowest BCUT2D eigenvalue weighted by Crippen LogP contribution is -2.47. The number of para-hydroxylation sites is 1. The lowest BCUT2D eigenvalue weighted by molar-refractivity contribution is -0.122. The van der Waals surface area contributed by atoms with E-state index < -0.39 is 0 Å². The SMILES string of the molecule is CC#CCN1CCCCC1C(=O)Nc1c(C)cccc1C.Cl. The predicted octanol–water partition coefficient (Wildman–Crippen LogP) is 3.54. The summed E-state index contributed by atoms with van der Waals surface area (Å²) >= 11 is 0. The maximum atomic E-state index is 12.6. The fourth-order valence-corrected chi connectivity index (χ4v) is 2.88. The summed E-state index contributed by atoms with van der Waals surface area (Å²) in [7, 11) is 0. The van der Waals surface area contributed by atoms with Crippen LogP contribution in [0.5, 0.6) is 0 Å². The third-order valence-electron chi connectivity index (χ3n) is 4.10. The zero-order valence-electron chi connectivity index (χ0n) is 13.6. The second kappa shape index (κ2) is 8.82. The number of anilines is 1. The smallest absolute Gasteiger partial charge is 0.241 e. The van der Waals surface area contributed by atoms with Gasteiger partial charge in [-0.2, -0.15) is 0 Å². The molecule has 1 aliphatic rings. The summed E-state index contributed by atoms with van der Waals surface area (Å²) in [6.07, 6.45) is 3.18. The van der Waals surface area contributed by atoms with Crippen LogP contribution in [0.1, 0.15) is 37.3 Å². The molecule has 1 aromatic carbocycles. The van der Waals surface area contributed by atoms with E-state index in [0.717, 1.165) is 42.6 Å². The van der Waals surface area contributed by atoms with E-state index in [-0.39, 0.29) is 24.4 Å². The van der Waals surface area contributed by atoms with Crippen LogP contribution in [0.2, 0.25) is 0 Å². The molecule has 1 amide bonds. The fourth-order valence-electron chi connectivity index (χ4n) is 2.88. The first-order chi connectivity index (χ1) is 10.1. The summed E-state index contributed by atoms with van der Waals surface area (Å²) in [5, 5.41) is 3.13. The van der Waals surface area contributed by atoms with Crippen LogP contribution >= 0.6 is 12.4 Å². The van der Waals surface area contributed by atoms with Crippen molar-refractivity contribution < 1.29 is 4.79 Å². The molecule has 0 bridgehead atoms. The Balaban J connectivity index is 0.00000242. The predicted molar refractivity (Wildman–Crippen MR) is 94.5 cm³/mol. The summed E-state index contributed by atoms with van der Waals surface area (Å²) in [4.78, 5) is 14.8. The third-order valence-corrected chi connectivity index (χ3v) is 4.10. The Hall–Kier alpha value is -1.50. The molecule has 1 unspecified atom stereocenters. The number of benzene rings is 1. The van der Waals surface area contributed by atoms with Gasteiger partial charge < -0.3 is 5.32 Å². The molecule has 0 saturated carbocycles. The standard InChI is InChI=1S/C18H24N2O.ClH/c1-4-5-12-20-13-7-6-11-16(20)18(21)19-17-14(2)9-8-10-15(17)3;/h8-10,16H,6-7,11-13H2,1-3H3,(H,19,21);1H. The molecule has 1 N–H and O–H groups in total. The number of carbonyl (C=O) groups is 1. The first-order valence-electron chi connectivity index (χ1n) is 7.64. The number of piperidine rings is 1. The molecule has 1 aromatic rings. The largest absolute Gasteiger partial charge is 0.324 e. The van der Waals surface area contributed by atoms with Crippen LogP contribution in [0.4, 0.5) is 5.69 Å². The number of likely N-dealkylation sites (tertiary alicyclic amines) is 1. The van der Waals surface area contributed by atoms with Gasteiger partial charge in [0.05, 0.1) is 12.6 Å². The Kier molecular flexibility index (Phi) is 7.44. The number of amides is 1. The second-order valence-electron chi connectivity index (χ2n) is 5.66. The van der Waals surface area contributed by atoms with Crippen molar-refractivity contribution in [3.05, 3.63) is 29.3 Å². The van der Waals surface area contributed by atoms with Crippen molar-refractivity contribution >= 4 is 24.0 Å². The number of hydrogen-bond donors (Lipinski definition) is 1. The van der Waals surface area contributed by atoms with E-state index in [4.69, 9.17) is 0 Å². The third kappa shape index (κ3) is 4.50. The number of aryl methyl sites for hydroxylation is 2. The molecule has 0 radical (unpaired) electrons. The molecule has 0 spiro atoms. The molecule has 4 heteroatoms. The molecule has 1 saturated heterocycles. The van der Waals surface area contributed by atoms with Crippen molar-refractivity contribution in [2.45, 2.75) is 46.1 Å². The Labute approximate surface area is 139 Å². The molecule has 0 aromatic heterocycles. The van der Waals surface area contributed by atoms with Crippen molar-refractivity contribution in [3.63, 3.8) is 0 Å². The number of nitrogens with zero attached hydrogens (tertiary/aromatic N) is 1. The highest BCUT2D eigenvalue weighted by atomic mass is 35.5. The first-order valence-corrected chi connectivity index (χ1v) is 7.64. The molecule has 3 nitrogen and oxygen atoms in total. The molecule has 0 aliphatic carbocycles. The van der Waals surface area contributed by atoms with Crippen molar-refractivity contribution in [1.29, 1.82) is 0 Å². The zero-order valence-corrected chi connectivity index (χ0v) is 14.4. The highest BCUT2D eigenvalue weighted by Gasteiger charge is 2.28. The van der Waals surface area contributed by atoms with Gasteiger partial charge in [-0.05, 0) is 51.3 Å².